The van der Waals surface area contributed by atoms with Gasteiger partial charge in [0.1, 0.15) is 0 Å². The van der Waals surface area contributed by atoms with Gasteiger partial charge in [-0.05, 0) is 18.2 Å². The van der Waals surface area contributed by atoms with Gasteiger partial charge in [0.05, 0.1) is 12.7 Å². The highest BCUT2D eigenvalue weighted by Crippen LogP contribution is 2.13. The first-order chi connectivity index (χ1) is 11.7. The van der Waals surface area contributed by atoms with Gasteiger partial charge in [0, 0.05) is 44.0 Å². The number of nitrogens with zero attached hydrogens (tertiary/aromatic N) is 3. The van der Waals surface area contributed by atoms with Gasteiger partial charge < -0.3 is 14.5 Å². The Hall–Kier alpha value is -2.89. The van der Waals surface area contributed by atoms with Gasteiger partial charge in [-0.1, -0.05) is 18.2 Å². The van der Waals surface area contributed by atoms with Crippen molar-refractivity contribution >= 4 is 11.8 Å². The van der Waals surface area contributed by atoms with Crippen molar-refractivity contribution < 1.29 is 14.3 Å². The van der Waals surface area contributed by atoms with Gasteiger partial charge in [0.2, 0.25) is 5.88 Å². The first-order valence-electron chi connectivity index (χ1n) is 7.82. The Morgan fingerprint density at radius 2 is 1.46 bits per heavy atom. The molecule has 0 spiro atoms. The van der Waals surface area contributed by atoms with E-state index < -0.39 is 0 Å². The summed E-state index contributed by atoms with van der Waals surface area (Å²) in [5.74, 6) is 0.413. The van der Waals surface area contributed by atoms with Crippen molar-refractivity contribution in [3.8, 4) is 5.88 Å². The molecule has 0 saturated carbocycles. The number of benzene rings is 1. The molecule has 1 aliphatic rings. The minimum Gasteiger partial charge on any atom is -0.481 e. The molecule has 6 heteroatoms. The lowest BCUT2D eigenvalue weighted by atomic mass is 10.1. The Balaban J connectivity index is 1.60. The summed E-state index contributed by atoms with van der Waals surface area (Å²) < 4.78 is 5.00. The summed E-state index contributed by atoms with van der Waals surface area (Å²) in [5.41, 5.74) is 1.20. The second-order valence-corrected chi connectivity index (χ2v) is 5.54. The normalized spacial score (nSPS) is 14.4. The average molecular weight is 325 g/mol. The highest BCUT2D eigenvalue weighted by molar-refractivity contribution is 5.95. The fourth-order valence-electron chi connectivity index (χ4n) is 2.69. The number of hydrogen-bond donors (Lipinski definition) is 0. The van der Waals surface area contributed by atoms with E-state index in [-0.39, 0.29) is 11.8 Å². The number of piperazine rings is 1. The number of carbonyl (C=O) groups is 2. The summed E-state index contributed by atoms with van der Waals surface area (Å²) in [7, 11) is 1.53. The fourth-order valence-corrected chi connectivity index (χ4v) is 2.69. The first kappa shape index (κ1) is 16.0. The number of ether oxygens (including phenoxy) is 1. The molecule has 124 valence electrons. The van der Waals surface area contributed by atoms with Crippen LogP contribution in [0.5, 0.6) is 5.88 Å². The van der Waals surface area contributed by atoms with E-state index in [1.807, 2.05) is 30.3 Å². The van der Waals surface area contributed by atoms with Crippen LogP contribution >= 0.6 is 0 Å². The van der Waals surface area contributed by atoms with E-state index >= 15 is 0 Å². The van der Waals surface area contributed by atoms with Crippen LogP contribution < -0.4 is 4.74 Å². The Kier molecular flexibility index (Phi) is 4.74. The summed E-state index contributed by atoms with van der Waals surface area (Å²) >= 11 is 0. The Bertz CT molecular complexity index is 708. The highest BCUT2D eigenvalue weighted by atomic mass is 16.5. The molecule has 0 N–H and O–H groups in total. The molecule has 6 nitrogen and oxygen atoms in total. The van der Waals surface area contributed by atoms with Crippen molar-refractivity contribution in [3.63, 3.8) is 0 Å². The summed E-state index contributed by atoms with van der Waals surface area (Å²) in [6, 6.07) is 12.6. The van der Waals surface area contributed by atoms with E-state index in [1.165, 1.54) is 13.3 Å². The third kappa shape index (κ3) is 3.37. The van der Waals surface area contributed by atoms with Gasteiger partial charge in [-0.25, -0.2) is 4.98 Å². The largest absolute Gasteiger partial charge is 0.481 e. The third-order valence-corrected chi connectivity index (χ3v) is 4.07. The molecule has 1 aromatic carbocycles. The molecule has 0 atom stereocenters. The van der Waals surface area contributed by atoms with Crippen LogP contribution in [0.4, 0.5) is 0 Å². The van der Waals surface area contributed by atoms with E-state index in [9.17, 15) is 9.59 Å². The molecule has 1 aliphatic heterocycles. The maximum atomic E-state index is 12.5. The number of carbonyl (C=O) groups excluding carboxylic acids is 2. The van der Waals surface area contributed by atoms with Gasteiger partial charge >= 0.3 is 0 Å². The van der Waals surface area contributed by atoms with Gasteiger partial charge in [0.15, 0.2) is 0 Å². The van der Waals surface area contributed by atoms with Crippen LogP contribution in [0.25, 0.3) is 0 Å². The smallest absolute Gasteiger partial charge is 0.255 e. The summed E-state index contributed by atoms with van der Waals surface area (Å²) in [6.07, 6.45) is 1.52. The Morgan fingerprint density at radius 3 is 1.96 bits per heavy atom. The van der Waals surface area contributed by atoms with Crippen molar-refractivity contribution in [2.24, 2.45) is 0 Å². The quantitative estimate of drug-likeness (QED) is 0.861. The van der Waals surface area contributed by atoms with E-state index in [4.69, 9.17) is 4.74 Å². The number of methoxy groups -OCH3 is 1. The molecule has 3 rings (SSSR count). The lowest BCUT2D eigenvalue weighted by Gasteiger charge is -2.34. The second kappa shape index (κ2) is 7.12. The second-order valence-electron chi connectivity index (χ2n) is 5.54. The maximum absolute atomic E-state index is 12.5. The molecule has 1 fully saturated rings. The van der Waals surface area contributed by atoms with Crippen molar-refractivity contribution in [2.75, 3.05) is 33.3 Å². The number of amides is 2. The third-order valence-electron chi connectivity index (χ3n) is 4.07. The molecule has 2 heterocycles. The predicted octanol–water partition coefficient (Wildman–Crippen LogP) is 1.69. The van der Waals surface area contributed by atoms with Gasteiger partial charge in [-0.3, -0.25) is 9.59 Å². The monoisotopic (exact) mass is 325 g/mol. The first-order valence-corrected chi connectivity index (χ1v) is 7.82. The van der Waals surface area contributed by atoms with Crippen molar-refractivity contribution in [1.82, 2.24) is 14.8 Å². The zero-order valence-electron chi connectivity index (χ0n) is 13.5. The van der Waals surface area contributed by atoms with Crippen LogP contribution in [0, 0.1) is 0 Å². The SMILES string of the molecule is COc1ccc(C(=O)N2CCN(C(=O)c3ccccc3)CC2)cn1. The molecule has 1 saturated heterocycles. The number of hydrogen-bond acceptors (Lipinski definition) is 4. The molecule has 24 heavy (non-hydrogen) atoms. The van der Waals surface area contributed by atoms with E-state index in [0.717, 1.165) is 0 Å². The zero-order chi connectivity index (χ0) is 16.9. The zero-order valence-corrected chi connectivity index (χ0v) is 13.5. The number of rotatable bonds is 3. The van der Waals surface area contributed by atoms with Gasteiger partial charge in [0.25, 0.3) is 11.8 Å². The Labute approximate surface area is 140 Å². The van der Waals surface area contributed by atoms with E-state index in [1.54, 1.807) is 21.9 Å². The molecule has 2 aromatic rings. The molecular weight excluding hydrogens is 306 g/mol. The molecule has 1 aromatic heterocycles. The number of aromatic nitrogens is 1. The fraction of sp³-hybridized carbons (Fsp3) is 0.278. The summed E-state index contributed by atoms with van der Waals surface area (Å²) in [5, 5.41) is 0. The van der Waals surface area contributed by atoms with Crippen LogP contribution in [0.2, 0.25) is 0 Å². The van der Waals surface area contributed by atoms with Crippen LogP contribution in [-0.4, -0.2) is 59.9 Å². The minimum absolute atomic E-state index is 0.00816. The van der Waals surface area contributed by atoms with Crippen LogP contribution in [0.15, 0.2) is 48.7 Å². The topological polar surface area (TPSA) is 62.7 Å². The van der Waals surface area contributed by atoms with Gasteiger partial charge in [-0.2, -0.15) is 0 Å². The molecular formula is C18H19N3O3. The highest BCUT2D eigenvalue weighted by Gasteiger charge is 2.25. The lowest BCUT2D eigenvalue weighted by Crippen LogP contribution is -2.50. The average Bonchev–Trinajstić information content (AvgIpc) is 2.68. The molecule has 0 unspecified atom stereocenters. The van der Waals surface area contributed by atoms with Crippen molar-refractivity contribution in [3.05, 3.63) is 59.8 Å². The summed E-state index contributed by atoms with van der Waals surface area (Å²) in [6.45, 7) is 2.10. The van der Waals surface area contributed by atoms with Crippen LogP contribution in [-0.2, 0) is 0 Å². The Morgan fingerprint density at radius 1 is 0.875 bits per heavy atom. The van der Waals surface area contributed by atoms with Crippen molar-refractivity contribution in [1.29, 1.82) is 0 Å². The molecule has 0 radical (unpaired) electrons. The van der Waals surface area contributed by atoms with Crippen LogP contribution in [0.1, 0.15) is 20.7 Å². The van der Waals surface area contributed by atoms with Gasteiger partial charge in [-0.15, -0.1) is 0 Å². The molecule has 2 amide bonds. The number of pyridine rings is 1. The van der Waals surface area contributed by atoms with E-state index in [0.29, 0.717) is 43.2 Å². The van der Waals surface area contributed by atoms with Crippen molar-refractivity contribution in [2.45, 2.75) is 0 Å². The maximum Gasteiger partial charge on any atom is 0.255 e. The summed E-state index contributed by atoms with van der Waals surface area (Å²) in [4.78, 5) is 32.5. The van der Waals surface area contributed by atoms with E-state index in [2.05, 4.69) is 4.98 Å². The predicted molar refractivity (Wildman–Crippen MR) is 89.0 cm³/mol. The van der Waals surface area contributed by atoms with Crippen LogP contribution in [0.3, 0.4) is 0 Å². The molecule has 0 aliphatic carbocycles. The standard InChI is InChI=1S/C18H19N3O3/c1-24-16-8-7-15(13-19-16)18(23)21-11-9-20(10-12-21)17(22)14-5-3-2-4-6-14/h2-8,13H,9-12H2,1H3. The minimum atomic E-state index is -0.0723. The molecule has 0 bridgehead atoms. The lowest BCUT2D eigenvalue weighted by molar-refractivity contribution is 0.0535.